The molecule has 0 spiro atoms. The van der Waals surface area contributed by atoms with E-state index in [2.05, 4.69) is 12.2 Å². The summed E-state index contributed by atoms with van der Waals surface area (Å²) in [7, 11) is 0. The third kappa shape index (κ3) is 4.54. The highest BCUT2D eigenvalue weighted by Gasteiger charge is 2.19. The smallest absolute Gasteiger partial charge is 0.238 e. The van der Waals surface area contributed by atoms with Gasteiger partial charge in [0.2, 0.25) is 5.70 Å². The number of thiocarbonyl (C=S) groups is 1. The van der Waals surface area contributed by atoms with Gasteiger partial charge in [-0.1, -0.05) is 67.1 Å². The van der Waals surface area contributed by atoms with Crippen molar-refractivity contribution in [2.75, 3.05) is 5.32 Å². The van der Waals surface area contributed by atoms with Crippen molar-refractivity contribution >= 4 is 46.0 Å². The van der Waals surface area contributed by atoms with E-state index in [4.69, 9.17) is 23.8 Å². The second kappa shape index (κ2) is 8.80. The molecule has 0 radical (unpaired) electrons. The molecule has 3 aromatic rings. The summed E-state index contributed by atoms with van der Waals surface area (Å²) in [6.45, 7) is 2.10. The van der Waals surface area contributed by atoms with E-state index >= 15 is 0 Å². The third-order valence-corrected chi connectivity index (χ3v) is 4.77. The molecule has 0 aliphatic carbocycles. The van der Waals surface area contributed by atoms with E-state index in [1.54, 1.807) is 41.2 Å². The largest absolute Gasteiger partial charge is 0.867 e. The number of halogens is 1. The topological polar surface area (TPSA) is 39.0 Å². The summed E-state index contributed by atoms with van der Waals surface area (Å²) < 4.78 is 1.71. The van der Waals surface area contributed by atoms with E-state index in [-0.39, 0.29) is 5.76 Å². The summed E-state index contributed by atoms with van der Waals surface area (Å²) in [6.07, 6.45) is 4.55. The molecular formula is C22H19ClN2OS. The molecule has 1 N–H and O–H groups in total. The maximum Gasteiger partial charge on any atom is 0.238 e. The quantitative estimate of drug-likeness (QED) is 0.303. The Hall–Kier alpha value is -2.69. The van der Waals surface area contributed by atoms with Crippen molar-refractivity contribution < 1.29 is 9.67 Å². The van der Waals surface area contributed by atoms with Crippen molar-refractivity contribution in [1.29, 1.82) is 0 Å². The first-order valence-electron chi connectivity index (χ1n) is 8.63. The highest BCUT2D eigenvalue weighted by molar-refractivity contribution is 7.81. The van der Waals surface area contributed by atoms with Gasteiger partial charge in [0.25, 0.3) is 0 Å². The van der Waals surface area contributed by atoms with Crippen LogP contribution in [0.4, 0.5) is 5.69 Å². The van der Waals surface area contributed by atoms with Crippen LogP contribution in [0.5, 0.6) is 0 Å². The average molecular weight is 395 g/mol. The van der Waals surface area contributed by atoms with Gasteiger partial charge >= 0.3 is 0 Å². The summed E-state index contributed by atoms with van der Waals surface area (Å²) in [5.74, 6) is -0.237. The molecule has 2 aromatic carbocycles. The van der Waals surface area contributed by atoms with E-state index in [0.29, 0.717) is 21.3 Å². The number of aromatic nitrogens is 1. The predicted octanol–water partition coefficient (Wildman–Crippen LogP) is 4.32. The first-order chi connectivity index (χ1) is 13.1. The zero-order valence-electron chi connectivity index (χ0n) is 14.9. The molecule has 1 aromatic heterocycles. The molecule has 0 aliphatic heterocycles. The standard InChI is InChI=1S/C22H19ClN2OS/c1-2-16-10-12-17(13-11-16)24-22(27)20(25-14-6-3-7-15-25)21(26)18-8-4-5-9-19(18)23/h3-15H,2H2,1H3,(H-,24,26,27). The van der Waals surface area contributed by atoms with Crippen LogP contribution in [-0.4, -0.2) is 4.99 Å². The summed E-state index contributed by atoms with van der Waals surface area (Å²) in [5.41, 5.74) is 2.83. The molecule has 0 saturated carbocycles. The molecule has 1 heterocycles. The third-order valence-electron chi connectivity index (χ3n) is 4.14. The fourth-order valence-corrected chi connectivity index (χ4v) is 3.21. The Kier molecular flexibility index (Phi) is 6.22. The van der Waals surface area contributed by atoms with Crippen LogP contribution < -0.4 is 15.0 Å². The second-order valence-electron chi connectivity index (χ2n) is 5.94. The summed E-state index contributed by atoms with van der Waals surface area (Å²) in [6, 6.07) is 20.5. The lowest BCUT2D eigenvalue weighted by atomic mass is 10.1. The fraction of sp³-hybridized carbons (Fsp3) is 0.0909. The number of pyridine rings is 1. The monoisotopic (exact) mass is 394 g/mol. The summed E-state index contributed by atoms with van der Waals surface area (Å²) >= 11 is 11.8. The van der Waals surface area contributed by atoms with E-state index in [1.807, 2.05) is 42.5 Å². The van der Waals surface area contributed by atoms with Crippen LogP contribution in [0.25, 0.3) is 11.5 Å². The first-order valence-corrected chi connectivity index (χ1v) is 9.42. The number of hydrogen-bond donors (Lipinski definition) is 1. The molecule has 136 valence electrons. The Morgan fingerprint density at radius 2 is 1.67 bits per heavy atom. The molecule has 0 atom stereocenters. The van der Waals surface area contributed by atoms with Crippen molar-refractivity contribution in [2.24, 2.45) is 0 Å². The van der Waals surface area contributed by atoms with E-state index < -0.39 is 0 Å². The van der Waals surface area contributed by atoms with Crippen LogP contribution in [0.1, 0.15) is 18.1 Å². The summed E-state index contributed by atoms with van der Waals surface area (Å²) in [4.78, 5) is 0.334. The van der Waals surface area contributed by atoms with Crippen LogP contribution in [-0.2, 0) is 6.42 Å². The fourth-order valence-electron chi connectivity index (χ4n) is 2.67. The van der Waals surface area contributed by atoms with Crippen molar-refractivity contribution in [3.8, 4) is 0 Å². The first kappa shape index (κ1) is 19.1. The zero-order chi connectivity index (χ0) is 19.2. The lowest BCUT2D eigenvalue weighted by Gasteiger charge is -2.18. The number of aryl methyl sites for hydroxylation is 1. The minimum Gasteiger partial charge on any atom is -0.867 e. The Morgan fingerprint density at radius 3 is 2.30 bits per heavy atom. The SMILES string of the molecule is CCc1ccc(NC(=S)C(=C([O-])c2ccccc2Cl)[n+]2ccccc2)cc1. The van der Waals surface area contributed by atoms with Crippen molar-refractivity contribution in [1.82, 2.24) is 0 Å². The molecule has 3 rings (SSSR count). The Balaban J connectivity index is 2.03. The molecule has 0 fully saturated rings. The second-order valence-corrected chi connectivity index (χ2v) is 6.76. The average Bonchev–Trinajstić information content (AvgIpc) is 2.70. The van der Waals surface area contributed by atoms with E-state index in [1.165, 1.54) is 5.56 Å². The van der Waals surface area contributed by atoms with Crippen LogP contribution in [0.2, 0.25) is 5.02 Å². The van der Waals surface area contributed by atoms with E-state index in [0.717, 1.165) is 12.1 Å². The maximum absolute atomic E-state index is 13.2. The van der Waals surface area contributed by atoms with Crippen molar-refractivity contribution in [3.63, 3.8) is 0 Å². The van der Waals surface area contributed by atoms with Gasteiger partial charge in [-0.3, -0.25) is 0 Å². The van der Waals surface area contributed by atoms with Gasteiger partial charge in [-0.15, -0.1) is 0 Å². The van der Waals surface area contributed by atoms with Gasteiger partial charge in [-0.2, -0.15) is 4.57 Å². The van der Waals surface area contributed by atoms with Gasteiger partial charge in [-0.05, 0) is 41.5 Å². The van der Waals surface area contributed by atoms with Crippen molar-refractivity contribution in [2.45, 2.75) is 13.3 Å². The molecule has 27 heavy (non-hydrogen) atoms. The minimum absolute atomic E-state index is 0.237. The van der Waals surface area contributed by atoms with E-state index in [9.17, 15) is 5.11 Å². The van der Waals surface area contributed by atoms with Gasteiger partial charge < -0.3 is 10.4 Å². The Morgan fingerprint density at radius 1 is 1.00 bits per heavy atom. The predicted molar refractivity (Wildman–Crippen MR) is 113 cm³/mol. The molecule has 0 amide bonds. The van der Waals surface area contributed by atoms with Gasteiger partial charge in [0.05, 0.1) is 0 Å². The highest BCUT2D eigenvalue weighted by Crippen LogP contribution is 2.23. The highest BCUT2D eigenvalue weighted by atomic mass is 35.5. The summed E-state index contributed by atoms with van der Waals surface area (Å²) in [5, 5.41) is 16.8. The van der Waals surface area contributed by atoms with Gasteiger partial charge in [0.1, 0.15) is 0 Å². The molecule has 3 nitrogen and oxygen atoms in total. The number of nitrogens with one attached hydrogen (secondary N) is 1. The Bertz CT molecular complexity index is 969. The van der Waals surface area contributed by atoms with Gasteiger partial charge in [0.15, 0.2) is 17.4 Å². The van der Waals surface area contributed by atoms with Crippen LogP contribution in [0.3, 0.4) is 0 Å². The number of anilines is 1. The molecule has 0 saturated heterocycles. The molecule has 0 aliphatic rings. The lowest BCUT2D eigenvalue weighted by molar-refractivity contribution is -0.577. The Labute approximate surface area is 169 Å². The molecule has 0 unspecified atom stereocenters. The van der Waals surface area contributed by atoms with Gasteiger partial charge in [0, 0.05) is 22.8 Å². The van der Waals surface area contributed by atoms with Gasteiger partial charge in [-0.25, -0.2) is 0 Å². The van der Waals surface area contributed by atoms with Crippen LogP contribution in [0, 0.1) is 0 Å². The number of rotatable bonds is 5. The molecular weight excluding hydrogens is 376 g/mol. The van der Waals surface area contributed by atoms with Crippen molar-refractivity contribution in [3.05, 3.63) is 95.3 Å². The molecule has 0 bridgehead atoms. The number of benzene rings is 2. The number of hydrogen-bond acceptors (Lipinski definition) is 2. The normalized spacial score (nSPS) is 11.6. The lowest BCUT2D eigenvalue weighted by Crippen LogP contribution is -2.39. The maximum atomic E-state index is 13.2. The molecule has 5 heteroatoms. The number of nitrogens with zero attached hydrogens (tertiary/aromatic N) is 1. The zero-order valence-corrected chi connectivity index (χ0v) is 16.4. The van der Waals surface area contributed by atoms with Crippen LogP contribution >= 0.6 is 23.8 Å². The van der Waals surface area contributed by atoms with Crippen LogP contribution in [0.15, 0.2) is 79.1 Å². The minimum atomic E-state index is -0.237.